The molecule has 6 aromatic rings. The second-order valence-electron chi connectivity index (χ2n) is 8.57. The van der Waals surface area contributed by atoms with Crippen LogP contribution in [0.25, 0.3) is 49.7 Å². The smallest absolute Gasteiger partial charge is 0.224 e. The van der Waals surface area contributed by atoms with Crippen molar-refractivity contribution >= 4 is 45.0 Å². The predicted molar refractivity (Wildman–Crippen MR) is 140 cm³/mol. The molecule has 0 aliphatic heterocycles. The lowest BCUT2D eigenvalue weighted by atomic mass is 9.98. The zero-order valence-corrected chi connectivity index (χ0v) is 19.5. The molecule has 1 aliphatic rings. The summed E-state index contributed by atoms with van der Waals surface area (Å²) in [7, 11) is 0. The van der Waals surface area contributed by atoms with Gasteiger partial charge in [-0.25, -0.2) is 9.97 Å². The summed E-state index contributed by atoms with van der Waals surface area (Å²) in [6.45, 7) is 0. The van der Waals surface area contributed by atoms with Crippen LogP contribution in [0.2, 0.25) is 10.4 Å². The van der Waals surface area contributed by atoms with Crippen LogP contribution in [0.3, 0.4) is 0 Å². The van der Waals surface area contributed by atoms with Gasteiger partial charge in [0.15, 0.2) is 0 Å². The first-order valence-electron chi connectivity index (χ1n) is 11.1. The summed E-state index contributed by atoms with van der Waals surface area (Å²) in [6, 6.07) is 32.3. The van der Waals surface area contributed by atoms with Gasteiger partial charge in [0.1, 0.15) is 5.15 Å². The highest BCUT2D eigenvalue weighted by Gasteiger charge is 2.25. The first kappa shape index (κ1) is 19.8. The highest BCUT2D eigenvalue weighted by molar-refractivity contribution is 6.34. The highest BCUT2D eigenvalue weighted by Crippen LogP contribution is 2.42. The average Bonchev–Trinajstić information content (AvgIpc) is 3.39. The maximum absolute atomic E-state index is 6.47. The number of nitrogens with zero attached hydrogens (tertiary/aromatic N) is 3. The second-order valence-corrected chi connectivity index (χ2v) is 9.27. The van der Waals surface area contributed by atoms with Gasteiger partial charge in [0, 0.05) is 28.4 Å². The van der Waals surface area contributed by atoms with Crippen molar-refractivity contribution in [3.63, 3.8) is 0 Å². The number of fused-ring (bicyclic) bond motifs is 6. The first-order chi connectivity index (χ1) is 16.7. The number of aromatic nitrogens is 3. The summed E-state index contributed by atoms with van der Waals surface area (Å²) in [5.41, 5.74) is 9.90. The summed E-state index contributed by atoms with van der Waals surface area (Å²) >= 11 is 12.5. The molecule has 0 N–H and O–H groups in total. The summed E-state index contributed by atoms with van der Waals surface area (Å²) in [5.74, 6) is 0. The third-order valence-electron chi connectivity index (χ3n) is 6.67. The number of para-hydroxylation sites is 2. The van der Waals surface area contributed by atoms with E-state index in [-0.39, 0.29) is 5.28 Å². The number of benzene rings is 4. The van der Waals surface area contributed by atoms with Gasteiger partial charge in [-0.15, -0.1) is 0 Å². The number of halogens is 2. The van der Waals surface area contributed by atoms with Crippen molar-refractivity contribution in [3.8, 4) is 27.9 Å². The Morgan fingerprint density at radius 2 is 1.41 bits per heavy atom. The van der Waals surface area contributed by atoms with Crippen molar-refractivity contribution in [1.29, 1.82) is 0 Å². The van der Waals surface area contributed by atoms with Crippen molar-refractivity contribution in [3.05, 3.63) is 113 Å². The summed E-state index contributed by atoms with van der Waals surface area (Å²) < 4.78 is 2.33. The molecule has 34 heavy (non-hydrogen) atoms. The van der Waals surface area contributed by atoms with E-state index in [0.29, 0.717) is 5.15 Å². The minimum absolute atomic E-state index is 0.192. The van der Waals surface area contributed by atoms with Gasteiger partial charge in [0.05, 0.1) is 16.7 Å². The van der Waals surface area contributed by atoms with Crippen LogP contribution in [0.1, 0.15) is 11.3 Å². The molecule has 0 unspecified atom stereocenters. The standard InChI is InChI=1S/C29H17Cl2N3/c30-28-27-22-14-17(10-11-19(22)16-24(27)32-29(31)33-28)18-12-13-26-23(15-18)21-8-4-5-9-25(21)34(26)20-6-2-1-3-7-20/h1-15H,16H2. The van der Waals surface area contributed by atoms with Crippen LogP contribution in [0.15, 0.2) is 91.0 Å². The molecule has 2 aromatic heterocycles. The van der Waals surface area contributed by atoms with Crippen molar-refractivity contribution in [2.45, 2.75) is 6.42 Å². The van der Waals surface area contributed by atoms with Gasteiger partial charge in [-0.2, -0.15) is 0 Å². The molecular weight excluding hydrogens is 461 g/mol. The van der Waals surface area contributed by atoms with Crippen molar-refractivity contribution in [1.82, 2.24) is 14.5 Å². The lowest BCUT2D eigenvalue weighted by Gasteiger charge is -2.09. The molecule has 1 aliphatic carbocycles. The summed E-state index contributed by atoms with van der Waals surface area (Å²) in [5, 5.41) is 3.07. The third kappa shape index (κ3) is 2.91. The zero-order valence-electron chi connectivity index (χ0n) is 18.0. The van der Waals surface area contributed by atoms with Crippen molar-refractivity contribution in [2.75, 3.05) is 0 Å². The van der Waals surface area contributed by atoms with E-state index in [4.69, 9.17) is 23.2 Å². The summed E-state index contributed by atoms with van der Waals surface area (Å²) in [6.07, 6.45) is 0.719. The second kappa shape index (κ2) is 7.42. The third-order valence-corrected chi connectivity index (χ3v) is 7.11. The predicted octanol–water partition coefficient (Wildman–Crippen LogP) is 8.12. The number of rotatable bonds is 2. The van der Waals surface area contributed by atoms with Gasteiger partial charge in [-0.3, -0.25) is 0 Å². The zero-order chi connectivity index (χ0) is 22.8. The van der Waals surface area contributed by atoms with Crippen LogP contribution in [0.4, 0.5) is 0 Å². The Balaban J connectivity index is 1.43. The van der Waals surface area contributed by atoms with Gasteiger partial charge in [-0.05, 0) is 70.3 Å². The van der Waals surface area contributed by atoms with E-state index < -0.39 is 0 Å². The van der Waals surface area contributed by atoms with E-state index in [9.17, 15) is 0 Å². The van der Waals surface area contributed by atoms with E-state index >= 15 is 0 Å². The molecule has 0 amide bonds. The van der Waals surface area contributed by atoms with Crippen LogP contribution in [-0.2, 0) is 6.42 Å². The SMILES string of the molecule is Clc1nc(Cl)c2c(n1)Cc1ccc(-c3ccc4c(c3)c3ccccc3n4-c3ccccc3)cc1-2. The number of hydrogen-bond acceptors (Lipinski definition) is 2. The Hall–Kier alpha value is -3.66. The fourth-order valence-electron chi connectivity index (χ4n) is 5.17. The van der Waals surface area contributed by atoms with Gasteiger partial charge in [0.2, 0.25) is 5.28 Å². The molecular formula is C29H17Cl2N3. The fourth-order valence-corrected chi connectivity index (χ4v) is 5.69. The molecule has 0 atom stereocenters. The van der Waals surface area contributed by atoms with E-state index in [1.54, 1.807) is 0 Å². The molecule has 0 radical (unpaired) electrons. The van der Waals surface area contributed by atoms with Crippen LogP contribution in [0, 0.1) is 0 Å². The monoisotopic (exact) mass is 477 g/mol. The molecule has 0 spiro atoms. The normalized spacial score (nSPS) is 12.3. The molecule has 2 heterocycles. The van der Waals surface area contributed by atoms with E-state index in [2.05, 4.69) is 99.5 Å². The van der Waals surface area contributed by atoms with Crippen LogP contribution < -0.4 is 0 Å². The molecule has 7 rings (SSSR count). The maximum Gasteiger partial charge on any atom is 0.224 e. The van der Waals surface area contributed by atoms with Crippen molar-refractivity contribution < 1.29 is 0 Å². The molecule has 4 aromatic carbocycles. The molecule has 0 saturated heterocycles. The topological polar surface area (TPSA) is 30.7 Å². The summed E-state index contributed by atoms with van der Waals surface area (Å²) in [4.78, 5) is 8.58. The Kier molecular flexibility index (Phi) is 4.32. The Bertz CT molecular complexity index is 1750. The van der Waals surface area contributed by atoms with Gasteiger partial charge < -0.3 is 4.57 Å². The van der Waals surface area contributed by atoms with E-state index in [1.165, 1.54) is 27.4 Å². The highest BCUT2D eigenvalue weighted by atomic mass is 35.5. The molecule has 5 heteroatoms. The molecule has 3 nitrogen and oxygen atoms in total. The molecule has 0 fully saturated rings. The van der Waals surface area contributed by atoms with Gasteiger partial charge in [-0.1, -0.05) is 66.2 Å². The van der Waals surface area contributed by atoms with Gasteiger partial charge >= 0.3 is 0 Å². The lowest BCUT2D eigenvalue weighted by molar-refractivity contribution is 1.07. The Morgan fingerprint density at radius 3 is 2.29 bits per heavy atom. The van der Waals surface area contributed by atoms with E-state index in [0.717, 1.165) is 40.1 Å². The largest absolute Gasteiger partial charge is 0.309 e. The van der Waals surface area contributed by atoms with E-state index in [1.807, 2.05) is 6.07 Å². The van der Waals surface area contributed by atoms with Gasteiger partial charge in [0.25, 0.3) is 0 Å². The van der Waals surface area contributed by atoms with Crippen molar-refractivity contribution in [2.24, 2.45) is 0 Å². The number of hydrogen-bond donors (Lipinski definition) is 0. The first-order valence-corrected chi connectivity index (χ1v) is 11.9. The molecule has 0 saturated carbocycles. The van der Waals surface area contributed by atoms with Crippen LogP contribution >= 0.6 is 23.2 Å². The Labute approximate surface area is 206 Å². The lowest BCUT2D eigenvalue weighted by Crippen LogP contribution is -1.92. The molecule has 162 valence electrons. The van der Waals surface area contributed by atoms with Crippen LogP contribution in [-0.4, -0.2) is 14.5 Å². The Morgan fingerprint density at radius 1 is 0.676 bits per heavy atom. The minimum Gasteiger partial charge on any atom is -0.309 e. The average molecular weight is 478 g/mol. The fraction of sp³-hybridized carbons (Fsp3) is 0.0345. The minimum atomic E-state index is 0.192. The van der Waals surface area contributed by atoms with Crippen LogP contribution in [0.5, 0.6) is 0 Å². The molecule has 0 bridgehead atoms. The quantitative estimate of drug-likeness (QED) is 0.186. The maximum atomic E-state index is 6.47.